The fraction of sp³-hybridized carbons (Fsp3) is 0.887. The number of aliphatic hydroxyl groups excluding tert-OH is 4. The molecule has 0 radical (unpaired) electrons. The number of aliphatic hydroxyl groups is 4. The first-order valence-electron chi connectivity index (χ1n) is 30.4. The van der Waals surface area contributed by atoms with Crippen LogP contribution in [0.2, 0.25) is 0 Å². The van der Waals surface area contributed by atoms with E-state index in [1.165, 1.54) is 238 Å². The monoisotopic (exact) mass is 958 g/mol. The zero-order valence-electron chi connectivity index (χ0n) is 45.6. The summed E-state index contributed by atoms with van der Waals surface area (Å²) >= 11 is 0. The Labute approximate surface area is 424 Å². The molecule has 0 aromatic rings. The number of carbonyl (C=O) groups is 1. The van der Waals surface area contributed by atoms with Gasteiger partial charge in [0.1, 0.15) is 12.2 Å². The molecule has 1 amide bonds. The molecule has 0 aromatic heterocycles. The third kappa shape index (κ3) is 49.5. The van der Waals surface area contributed by atoms with Gasteiger partial charge in [-0.25, -0.2) is 0 Å². The summed E-state index contributed by atoms with van der Waals surface area (Å²) in [5.74, 6) is -0.594. The molecule has 0 heterocycles. The van der Waals surface area contributed by atoms with Crippen molar-refractivity contribution in [1.82, 2.24) is 5.32 Å². The van der Waals surface area contributed by atoms with Crippen LogP contribution in [0.25, 0.3) is 0 Å². The molecule has 0 bridgehead atoms. The van der Waals surface area contributed by atoms with E-state index in [2.05, 4.69) is 55.6 Å². The van der Waals surface area contributed by atoms with Crippen molar-refractivity contribution >= 4 is 5.91 Å². The lowest BCUT2D eigenvalue weighted by Crippen LogP contribution is -2.53. The molecule has 0 spiro atoms. The smallest absolute Gasteiger partial charge is 0.249 e. The van der Waals surface area contributed by atoms with Crippen molar-refractivity contribution in [2.45, 2.75) is 346 Å². The Balaban J connectivity index is 3.65. The van der Waals surface area contributed by atoms with Gasteiger partial charge in [0, 0.05) is 0 Å². The number of unbranched alkanes of at least 4 members (excludes halogenated alkanes) is 41. The molecule has 0 aliphatic rings. The van der Waals surface area contributed by atoms with Crippen LogP contribution in [0.3, 0.4) is 0 Å². The molecule has 0 aliphatic carbocycles. The van der Waals surface area contributed by atoms with Crippen molar-refractivity contribution in [1.29, 1.82) is 0 Å². The first-order chi connectivity index (χ1) is 33.5. The number of hydrogen-bond acceptors (Lipinski definition) is 5. The Morgan fingerprint density at radius 1 is 0.353 bits per heavy atom. The largest absolute Gasteiger partial charge is 0.394 e. The van der Waals surface area contributed by atoms with Gasteiger partial charge in [0.2, 0.25) is 5.91 Å². The van der Waals surface area contributed by atoms with Gasteiger partial charge < -0.3 is 25.7 Å². The van der Waals surface area contributed by atoms with Gasteiger partial charge in [-0.05, 0) is 64.2 Å². The summed E-state index contributed by atoms with van der Waals surface area (Å²) in [6.07, 6.45) is 70.9. The van der Waals surface area contributed by atoms with Gasteiger partial charge in [0.15, 0.2) is 0 Å². The number of amides is 1. The number of allylic oxidation sites excluding steroid dienone is 6. The van der Waals surface area contributed by atoms with Crippen LogP contribution < -0.4 is 5.32 Å². The summed E-state index contributed by atoms with van der Waals surface area (Å²) in [5.41, 5.74) is 0. The van der Waals surface area contributed by atoms with Crippen LogP contribution in [0.4, 0.5) is 0 Å². The standard InChI is InChI=1S/C62H119NO5/c1-3-5-7-9-11-13-15-17-19-21-23-25-27-29-30-32-34-36-38-40-42-44-46-48-50-52-54-56-60(66)62(68)63-58(57-64)61(67)59(65)55-53-51-49-47-45-43-41-39-37-35-33-31-28-26-24-22-20-18-16-14-12-10-8-6-4-2/h31,33,39,41,47,49,58-61,64-67H,3-30,32,34-38,40,42-46,48,50-57H2,1-2H3,(H,63,68)/b33-31+,41-39+,49-47+. The van der Waals surface area contributed by atoms with Crippen LogP contribution in [-0.4, -0.2) is 57.3 Å². The van der Waals surface area contributed by atoms with E-state index in [1.54, 1.807) is 0 Å². The number of rotatable bonds is 56. The highest BCUT2D eigenvalue weighted by atomic mass is 16.3. The maximum atomic E-state index is 12.6. The lowest BCUT2D eigenvalue weighted by molar-refractivity contribution is -0.132. The molecular weight excluding hydrogens is 839 g/mol. The average Bonchev–Trinajstić information content (AvgIpc) is 3.34. The zero-order chi connectivity index (χ0) is 49.5. The van der Waals surface area contributed by atoms with E-state index in [1.807, 2.05) is 0 Å². The predicted molar refractivity (Wildman–Crippen MR) is 297 cm³/mol. The van der Waals surface area contributed by atoms with Gasteiger partial charge in [0.05, 0.1) is 18.8 Å². The number of nitrogens with one attached hydrogen (secondary N) is 1. The Morgan fingerprint density at radius 2 is 0.618 bits per heavy atom. The summed E-state index contributed by atoms with van der Waals surface area (Å²) in [6, 6.07) is -1.01. The van der Waals surface area contributed by atoms with Crippen LogP contribution in [-0.2, 0) is 4.79 Å². The van der Waals surface area contributed by atoms with Crippen molar-refractivity contribution in [2.24, 2.45) is 0 Å². The first-order valence-corrected chi connectivity index (χ1v) is 30.4. The van der Waals surface area contributed by atoms with Crippen molar-refractivity contribution < 1.29 is 25.2 Å². The Kier molecular flexibility index (Phi) is 55.2. The summed E-state index contributed by atoms with van der Waals surface area (Å²) in [4.78, 5) is 12.6. The van der Waals surface area contributed by atoms with E-state index in [4.69, 9.17) is 0 Å². The Bertz CT molecular complexity index is 1080. The van der Waals surface area contributed by atoms with Gasteiger partial charge in [-0.15, -0.1) is 0 Å². The van der Waals surface area contributed by atoms with Crippen molar-refractivity contribution in [3.8, 4) is 0 Å². The summed E-state index contributed by atoms with van der Waals surface area (Å²) in [5, 5.41) is 44.0. The Morgan fingerprint density at radius 3 is 0.926 bits per heavy atom. The van der Waals surface area contributed by atoms with E-state index in [-0.39, 0.29) is 0 Å². The maximum Gasteiger partial charge on any atom is 0.249 e. The van der Waals surface area contributed by atoms with E-state index in [9.17, 15) is 25.2 Å². The molecule has 0 rings (SSSR count). The van der Waals surface area contributed by atoms with Gasteiger partial charge in [-0.1, -0.05) is 294 Å². The molecule has 5 N–H and O–H groups in total. The van der Waals surface area contributed by atoms with Crippen LogP contribution >= 0.6 is 0 Å². The molecule has 0 fully saturated rings. The lowest BCUT2D eigenvalue weighted by Gasteiger charge is -2.27. The third-order valence-corrected chi connectivity index (χ3v) is 14.3. The van der Waals surface area contributed by atoms with E-state index in [0.29, 0.717) is 19.3 Å². The second-order valence-electron chi connectivity index (χ2n) is 21.0. The van der Waals surface area contributed by atoms with Gasteiger partial charge in [0.25, 0.3) is 0 Å². The molecule has 0 saturated carbocycles. The van der Waals surface area contributed by atoms with Gasteiger partial charge in [-0.2, -0.15) is 0 Å². The molecule has 4 atom stereocenters. The normalized spacial score (nSPS) is 13.9. The SMILES string of the molecule is CCCCCCCCCCCCCC/C=C/CC/C=C/CC/C=C/CCCC(O)C(O)C(CO)NC(=O)C(O)CCCCCCCCCCCCCCCCCCCCCCCCCCCCC. The molecular formula is C62H119NO5. The van der Waals surface area contributed by atoms with E-state index < -0.39 is 36.9 Å². The van der Waals surface area contributed by atoms with Crippen LogP contribution in [0.15, 0.2) is 36.5 Å². The van der Waals surface area contributed by atoms with Crippen molar-refractivity contribution in [3.63, 3.8) is 0 Å². The fourth-order valence-electron chi connectivity index (χ4n) is 9.56. The quantitative estimate of drug-likeness (QED) is 0.0308. The first kappa shape index (κ1) is 66.5. The molecule has 0 saturated heterocycles. The van der Waals surface area contributed by atoms with Crippen LogP contribution in [0.5, 0.6) is 0 Å². The van der Waals surface area contributed by atoms with Crippen molar-refractivity contribution in [2.75, 3.05) is 6.61 Å². The highest BCUT2D eigenvalue weighted by Gasteiger charge is 2.28. The lowest BCUT2D eigenvalue weighted by atomic mass is 10.00. The average molecular weight is 959 g/mol. The van der Waals surface area contributed by atoms with E-state index in [0.717, 1.165) is 51.4 Å². The molecule has 68 heavy (non-hydrogen) atoms. The molecule has 0 aromatic carbocycles. The summed E-state index contributed by atoms with van der Waals surface area (Å²) in [7, 11) is 0. The second-order valence-corrected chi connectivity index (χ2v) is 21.0. The predicted octanol–water partition coefficient (Wildman–Crippen LogP) is 18.0. The minimum absolute atomic E-state index is 0.362. The summed E-state index contributed by atoms with van der Waals surface area (Å²) < 4.78 is 0. The highest BCUT2D eigenvalue weighted by molar-refractivity contribution is 5.80. The molecule has 4 unspecified atom stereocenters. The topological polar surface area (TPSA) is 110 Å². The second kappa shape index (κ2) is 56.4. The maximum absolute atomic E-state index is 12.6. The highest BCUT2D eigenvalue weighted by Crippen LogP contribution is 2.18. The van der Waals surface area contributed by atoms with Crippen LogP contribution in [0, 0.1) is 0 Å². The third-order valence-electron chi connectivity index (χ3n) is 14.3. The minimum Gasteiger partial charge on any atom is -0.394 e. The molecule has 6 heteroatoms. The van der Waals surface area contributed by atoms with Gasteiger partial charge in [-0.3, -0.25) is 4.79 Å². The fourth-order valence-corrected chi connectivity index (χ4v) is 9.56. The van der Waals surface area contributed by atoms with Gasteiger partial charge >= 0.3 is 0 Å². The van der Waals surface area contributed by atoms with Crippen LogP contribution in [0.1, 0.15) is 322 Å². The number of hydrogen-bond donors (Lipinski definition) is 5. The molecule has 6 nitrogen and oxygen atoms in total. The number of carbonyl (C=O) groups excluding carboxylic acids is 1. The minimum atomic E-state index is -1.29. The van der Waals surface area contributed by atoms with E-state index >= 15 is 0 Å². The zero-order valence-corrected chi connectivity index (χ0v) is 45.6. The molecule has 0 aliphatic heterocycles. The molecule has 402 valence electrons. The summed E-state index contributed by atoms with van der Waals surface area (Å²) in [6.45, 7) is 4.08. The van der Waals surface area contributed by atoms with Crippen molar-refractivity contribution in [3.05, 3.63) is 36.5 Å². The Hall–Kier alpha value is -1.47.